The zero-order chi connectivity index (χ0) is 14.8. The van der Waals surface area contributed by atoms with Crippen molar-refractivity contribution in [2.45, 2.75) is 45.7 Å². The lowest BCUT2D eigenvalue weighted by atomic mass is 10.0. The quantitative estimate of drug-likeness (QED) is 0.662. The Morgan fingerprint density at radius 2 is 2.26 bits per heavy atom. The van der Waals surface area contributed by atoms with E-state index in [9.17, 15) is 14.9 Å². The van der Waals surface area contributed by atoms with E-state index in [-0.39, 0.29) is 21.7 Å². The van der Waals surface area contributed by atoms with E-state index in [2.05, 4.69) is 26.3 Å². The van der Waals surface area contributed by atoms with Crippen molar-refractivity contribution >= 4 is 27.7 Å². The molecule has 1 aromatic rings. The maximum atomic E-state index is 12.1. The zero-order valence-electron chi connectivity index (χ0n) is 11.3. The molecule has 1 amide bonds. The first-order chi connectivity index (χ1) is 8.68. The Balaban J connectivity index is 2.89. The highest BCUT2D eigenvalue weighted by Crippen LogP contribution is 2.24. The zero-order valence-corrected chi connectivity index (χ0v) is 12.9. The van der Waals surface area contributed by atoms with Gasteiger partial charge in [-0.1, -0.05) is 6.92 Å². The SMILES string of the molecule is CCC(C)(C)NC(=O)C(C)n1cc(Br)c([N+](=O)[O-])n1. The molecule has 0 saturated carbocycles. The molecule has 0 bridgehead atoms. The summed E-state index contributed by atoms with van der Waals surface area (Å²) in [5.74, 6) is -0.522. The van der Waals surface area contributed by atoms with Crippen molar-refractivity contribution in [1.29, 1.82) is 0 Å². The van der Waals surface area contributed by atoms with Crippen molar-refractivity contribution in [2.75, 3.05) is 0 Å². The second-order valence-electron chi connectivity index (χ2n) is 4.94. The Labute approximate surface area is 119 Å². The van der Waals surface area contributed by atoms with E-state index in [0.29, 0.717) is 0 Å². The van der Waals surface area contributed by atoms with Crippen LogP contribution in [0.3, 0.4) is 0 Å². The summed E-state index contributed by atoms with van der Waals surface area (Å²) in [4.78, 5) is 22.2. The van der Waals surface area contributed by atoms with E-state index in [1.165, 1.54) is 10.9 Å². The highest BCUT2D eigenvalue weighted by Gasteiger charge is 2.28. The van der Waals surface area contributed by atoms with E-state index < -0.39 is 11.0 Å². The fourth-order valence-electron chi connectivity index (χ4n) is 1.33. The van der Waals surface area contributed by atoms with Crippen LogP contribution in [-0.4, -0.2) is 26.1 Å². The third kappa shape index (κ3) is 3.76. The van der Waals surface area contributed by atoms with Crippen LogP contribution >= 0.6 is 15.9 Å². The summed E-state index contributed by atoms with van der Waals surface area (Å²) in [7, 11) is 0. The molecule has 0 radical (unpaired) electrons. The van der Waals surface area contributed by atoms with E-state index in [0.717, 1.165) is 6.42 Å². The van der Waals surface area contributed by atoms with Crippen LogP contribution in [0.15, 0.2) is 10.7 Å². The van der Waals surface area contributed by atoms with E-state index in [4.69, 9.17) is 0 Å². The summed E-state index contributed by atoms with van der Waals surface area (Å²) in [6, 6.07) is -0.615. The second-order valence-corrected chi connectivity index (χ2v) is 5.79. The minimum Gasteiger partial charge on any atom is -0.358 e. The van der Waals surface area contributed by atoms with Gasteiger partial charge in [0.25, 0.3) is 0 Å². The lowest BCUT2D eigenvalue weighted by Crippen LogP contribution is -2.45. The van der Waals surface area contributed by atoms with Gasteiger partial charge in [-0.05, 0) is 48.0 Å². The minimum absolute atomic E-state index is 0.225. The summed E-state index contributed by atoms with van der Waals surface area (Å²) in [6.07, 6.45) is 2.22. The summed E-state index contributed by atoms with van der Waals surface area (Å²) in [6.45, 7) is 7.45. The number of aromatic nitrogens is 2. The molecule has 1 N–H and O–H groups in total. The first kappa shape index (κ1) is 15.6. The summed E-state index contributed by atoms with van der Waals surface area (Å²) in [5, 5.41) is 17.4. The molecule has 1 unspecified atom stereocenters. The molecule has 1 aromatic heterocycles. The molecule has 8 heteroatoms. The molecule has 0 aromatic carbocycles. The van der Waals surface area contributed by atoms with Gasteiger partial charge in [0.1, 0.15) is 10.5 Å². The Bertz CT molecular complexity index is 498. The van der Waals surface area contributed by atoms with Crippen molar-refractivity contribution in [3.05, 3.63) is 20.8 Å². The predicted octanol–water partition coefficient (Wildman–Crippen LogP) is 2.42. The fourth-order valence-corrected chi connectivity index (χ4v) is 1.76. The van der Waals surface area contributed by atoms with Crippen molar-refractivity contribution < 1.29 is 9.72 Å². The number of carbonyl (C=O) groups excluding carboxylic acids is 1. The average Bonchev–Trinajstić information content (AvgIpc) is 2.69. The molecule has 1 heterocycles. The Morgan fingerprint density at radius 1 is 1.68 bits per heavy atom. The van der Waals surface area contributed by atoms with E-state index >= 15 is 0 Å². The Hall–Kier alpha value is -1.44. The van der Waals surface area contributed by atoms with E-state index in [1.54, 1.807) is 6.92 Å². The Morgan fingerprint density at radius 3 is 2.68 bits per heavy atom. The molecule has 0 aliphatic rings. The first-order valence-corrected chi connectivity index (χ1v) is 6.68. The summed E-state index contributed by atoms with van der Waals surface area (Å²) in [5.41, 5.74) is -0.318. The molecule has 7 nitrogen and oxygen atoms in total. The largest absolute Gasteiger partial charge is 0.404 e. The van der Waals surface area contributed by atoms with Gasteiger partial charge in [-0.15, -0.1) is 0 Å². The topological polar surface area (TPSA) is 90.1 Å². The molecule has 0 aliphatic heterocycles. The lowest BCUT2D eigenvalue weighted by molar-refractivity contribution is -0.390. The van der Waals surface area contributed by atoms with Crippen LogP contribution in [0, 0.1) is 10.1 Å². The van der Waals surface area contributed by atoms with E-state index in [1.807, 2.05) is 20.8 Å². The van der Waals surface area contributed by atoms with Crippen LogP contribution in [0.25, 0.3) is 0 Å². The lowest BCUT2D eigenvalue weighted by Gasteiger charge is -2.25. The molecule has 0 saturated heterocycles. The molecule has 19 heavy (non-hydrogen) atoms. The van der Waals surface area contributed by atoms with Gasteiger partial charge < -0.3 is 15.4 Å². The van der Waals surface area contributed by atoms with Gasteiger partial charge in [-0.25, -0.2) is 0 Å². The Kier molecular flexibility index (Phi) is 4.67. The number of hydrogen-bond acceptors (Lipinski definition) is 4. The molecule has 1 atom stereocenters. The third-order valence-electron chi connectivity index (χ3n) is 2.96. The normalized spacial score (nSPS) is 13.1. The van der Waals surface area contributed by atoms with Crippen LogP contribution in [-0.2, 0) is 4.79 Å². The average molecular weight is 333 g/mol. The van der Waals surface area contributed by atoms with Gasteiger partial charge in [-0.3, -0.25) is 4.79 Å². The van der Waals surface area contributed by atoms with Crippen LogP contribution in [0.5, 0.6) is 0 Å². The molecule has 0 aliphatic carbocycles. The molecule has 0 fully saturated rings. The fraction of sp³-hybridized carbons (Fsp3) is 0.636. The number of amides is 1. The summed E-state index contributed by atoms with van der Waals surface area (Å²) < 4.78 is 1.54. The van der Waals surface area contributed by atoms with Crippen molar-refractivity contribution in [3.63, 3.8) is 0 Å². The highest BCUT2D eigenvalue weighted by atomic mass is 79.9. The van der Waals surface area contributed by atoms with Crippen molar-refractivity contribution in [2.24, 2.45) is 0 Å². The van der Waals surface area contributed by atoms with Gasteiger partial charge in [-0.2, -0.15) is 4.68 Å². The van der Waals surface area contributed by atoms with Crippen LogP contribution in [0.4, 0.5) is 5.82 Å². The smallest absolute Gasteiger partial charge is 0.358 e. The van der Waals surface area contributed by atoms with Crippen LogP contribution < -0.4 is 5.32 Å². The number of nitro groups is 1. The van der Waals surface area contributed by atoms with Crippen LogP contribution in [0.2, 0.25) is 0 Å². The highest BCUT2D eigenvalue weighted by molar-refractivity contribution is 9.10. The van der Waals surface area contributed by atoms with Crippen molar-refractivity contribution in [1.82, 2.24) is 15.1 Å². The predicted molar refractivity (Wildman–Crippen MR) is 73.8 cm³/mol. The summed E-state index contributed by atoms with van der Waals surface area (Å²) >= 11 is 3.05. The number of carbonyl (C=O) groups is 1. The van der Waals surface area contributed by atoms with Crippen molar-refractivity contribution in [3.8, 4) is 0 Å². The number of nitrogens with zero attached hydrogens (tertiary/aromatic N) is 3. The molecular formula is C11H17BrN4O3. The molecule has 0 spiro atoms. The molecular weight excluding hydrogens is 316 g/mol. The molecule has 1 rings (SSSR count). The van der Waals surface area contributed by atoms with Gasteiger partial charge in [0.2, 0.25) is 5.91 Å². The van der Waals surface area contributed by atoms with Gasteiger partial charge in [0.05, 0.1) is 11.3 Å². The first-order valence-electron chi connectivity index (χ1n) is 5.89. The number of rotatable bonds is 5. The maximum absolute atomic E-state index is 12.1. The minimum atomic E-state index is -0.615. The molecule has 106 valence electrons. The monoisotopic (exact) mass is 332 g/mol. The van der Waals surface area contributed by atoms with Gasteiger partial charge >= 0.3 is 5.82 Å². The number of halogens is 1. The third-order valence-corrected chi connectivity index (χ3v) is 3.52. The number of hydrogen-bond donors (Lipinski definition) is 1. The number of nitrogens with one attached hydrogen (secondary N) is 1. The van der Waals surface area contributed by atoms with Gasteiger partial charge in [0.15, 0.2) is 0 Å². The van der Waals surface area contributed by atoms with Crippen LogP contribution in [0.1, 0.15) is 40.2 Å². The standard InChI is InChI=1S/C11H17BrN4O3/c1-5-11(3,4)13-10(17)7(2)15-6-8(12)9(14-15)16(18)19/h6-7H,5H2,1-4H3,(H,13,17). The van der Waals surface area contributed by atoms with Gasteiger partial charge in [0, 0.05) is 5.54 Å². The second kappa shape index (κ2) is 5.68. The maximum Gasteiger partial charge on any atom is 0.404 e.